The lowest BCUT2D eigenvalue weighted by atomic mass is 10.0. The number of aliphatic hydroxyl groups is 1. The molecule has 2 atom stereocenters. The van der Waals surface area contributed by atoms with Crippen LogP contribution in [-0.2, 0) is 0 Å². The van der Waals surface area contributed by atoms with E-state index in [0.29, 0.717) is 23.7 Å². The summed E-state index contributed by atoms with van der Waals surface area (Å²) >= 11 is 0. The smallest absolute Gasteiger partial charge is 0.123 e. The summed E-state index contributed by atoms with van der Waals surface area (Å²) in [5.74, 6) is -0.698. The van der Waals surface area contributed by atoms with Crippen LogP contribution in [0.1, 0.15) is 12.5 Å². The average molecular weight is 302 g/mol. The van der Waals surface area contributed by atoms with Crippen LogP contribution in [0.2, 0.25) is 0 Å². The fraction of sp³-hybridized carbons (Fsp3) is 0.294. The fourth-order valence-corrected chi connectivity index (χ4v) is 3.45. The standard InChI is InChI=1S/C17H16F2N2O/c18-10-1-3-14-12(7-10)13-8-11(19)2-4-15(13)21(14)16-9-20-6-5-17(16)22/h1-4,7-8,16-17,20,22H,5-6,9H2/t16-,17-/m1/s1. The minimum atomic E-state index is -0.477. The average Bonchev–Trinajstić information content (AvgIpc) is 2.81. The van der Waals surface area contributed by atoms with E-state index in [-0.39, 0.29) is 17.7 Å². The zero-order valence-electron chi connectivity index (χ0n) is 11.9. The summed E-state index contributed by atoms with van der Waals surface area (Å²) in [5.41, 5.74) is 1.63. The van der Waals surface area contributed by atoms with Gasteiger partial charge in [0.15, 0.2) is 0 Å². The van der Waals surface area contributed by atoms with Crippen molar-refractivity contribution in [3.8, 4) is 0 Å². The van der Waals surface area contributed by atoms with E-state index >= 15 is 0 Å². The Hall–Kier alpha value is -1.98. The van der Waals surface area contributed by atoms with Crippen molar-refractivity contribution in [1.29, 1.82) is 0 Å². The first kappa shape index (κ1) is 13.7. The van der Waals surface area contributed by atoms with Crippen molar-refractivity contribution in [2.75, 3.05) is 13.1 Å². The van der Waals surface area contributed by atoms with E-state index in [1.54, 1.807) is 12.1 Å². The molecule has 1 aliphatic rings. The van der Waals surface area contributed by atoms with Crippen molar-refractivity contribution < 1.29 is 13.9 Å². The number of nitrogens with zero attached hydrogens (tertiary/aromatic N) is 1. The van der Waals surface area contributed by atoms with E-state index in [1.165, 1.54) is 24.3 Å². The number of nitrogens with one attached hydrogen (secondary N) is 1. The number of hydrogen-bond donors (Lipinski definition) is 2. The van der Waals surface area contributed by atoms with Crippen LogP contribution in [0.25, 0.3) is 21.8 Å². The molecule has 0 saturated carbocycles. The molecule has 3 nitrogen and oxygen atoms in total. The molecule has 0 bridgehead atoms. The summed E-state index contributed by atoms with van der Waals surface area (Å²) in [7, 11) is 0. The van der Waals surface area contributed by atoms with Crippen LogP contribution in [0.5, 0.6) is 0 Å². The number of hydrogen-bond acceptors (Lipinski definition) is 2. The molecule has 1 aromatic heterocycles. The van der Waals surface area contributed by atoms with E-state index in [9.17, 15) is 13.9 Å². The van der Waals surface area contributed by atoms with Gasteiger partial charge in [-0.15, -0.1) is 0 Å². The quantitative estimate of drug-likeness (QED) is 0.725. The molecule has 114 valence electrons. The lowest BCUT2D eigenvalue weighted by molar-refractivity contribution is 0.0881. The topological polar surface area (TPSA) is 37.2 Å². The number of aromatic nitrogens is 1. The van der Waals surface area contributed by atoms with Crippen molar-refractivity contribution in [2.45, 2.75) is 18.6 Å². The van der Waals surface area contributed by atoms with Gasteiger partial charge in [0, 0.05) is 28.4 Å². The predicted molar refractivity (Wildman–Crippen MR) is 81.9 cm³/mol. The van der Waals surface area contributed by atoms with Crippen LogP contribution < -0.4 is 5.32 Å². The highest BCUT2D eigenvalue weighted by atomic mass is 19.1. The summed E-state index contributed by atoms with van der Waals surface area (Å²) < 4.78 is 29.3. The molecule has 2 aromatic carbocycles. The minimum absolute atomic E-state index is 0.148. The molecule has 22 heavy (non-hydrogen) atoms. The third-order valence-corrected chi connectivity index (χ3v) is 4.47. The van der Waals surface area contributed by atoms with E-state index in [1.807, 2.05) is 4.57 Å². The molecular formula is C17H16F2N2O. The Morgan fingerprint density at radius 2 is 1.59 bits per heavy atom. The normalized spacial score (nSPS) is 22.5. The molecule has 3 aromatic rings. The Balaban J connectivity index is 2.06. The van der Waals surface area contributed by atoms with E-state index in [2.05, 4.69) is 5.32 Å². The molecule has 0 radical (unpaired) electrons. The number of aliphatic hydroxyl groups excluding tert-OH is 1. The molecule has 0 amide bonds. The van der Waals surface area contributed by atoms with E-state index in [0.717, 1.165) is 17.6 Å². The van der Waals surface area contributed by atoms with Crippen LogP contribution in [-0.4, -0.2) is 28.9 Å². The molecule has 0 unspecified atom stereocenters. The maximum absolute atomic E-state index is 13.6. The lowest BCUT2D eigenvalue weighted by Crippen LogP contribution is -2.41. The van der Waals surface area contributed by atoms with Crippen molar-refractivity contribution in [3.05, 3.63) is 48.0 Å². The van der Waals surface area contributed by atoms with Gasteiger partial charge >= 0.3 is 0 Å². The van der Waals surface area contributed by atoms with Gasteiger partial charge in [0.2, 0.25) is 0 Å². The molecule has 1 fully saturated rings. The van der Waals surface area contributed by atoms with Gasteiger partial charge in [-0.1, -0.05) is 0 Å². The van der Waals surface area contributed by atoms with Gasteiger partial charge in [-0.25, -0.2) is 8.78 Å². The van der Waals surface area contributed by atoms with Gasteiger partial charge in [0.05, 0.1) is 12.1 Å². The van der Waals surface area contributed by atoms with Crippen molar-refractivity contribution in [2.24, 2.45) is 0 Å². The van der Waals surface area contributed by atoms with Gasteiger partial charge in [-0.2, -0.15) is 0 Å². The van der Waals surface area contributed by atoms with Crippen LogP contribution in [0.15, 0.2) is 36.4 Å². The Labute approximate surface area is 126 Å². The zero-order chi connectivity index (χ0) is 15.3. The largest absolute Gasteiger partial charge is 0.391 e. The summed E-state index contributed by atoms with van der Waals surface area (Å²) in [4.78, 5) is 0. The maximum Gasteiger partial charge on any atom is 0.123 e. The number of benzene rings is 2. The fourth-order valence-electron chi connectivity index (χ4n) is 3.45. The Morgan fingerprint density at radius 3 is 2.14 bits per heavy atom. The SMILES string of the molecule is O[C@@H]1CCNC[C@H]1n1c2ccc(F)cc2c2cc(F)ccc21. The first-order valence-corrected chi connectivity index (χ1v) is 7.42. The lowest BCUT2D eigenvalue weighted by Gasteiger charge is -2.31. The molecule has 4 rings (SSSR count). The molecule has 0 aliphatic carbocycles. The van der Waals surface area contributed by atoms with Gasteiger partial charge in [-0.3, -0.25) is 0 Å². The monoisotopic (exact) mass is 302 g/mol. The molecule has 5 heteroatoms. The third kappa shape index (κ3) is 2.01. The van der Waals surface area contributed by atoms with Crippen LogP contribution >= 0.6 is 0 Å². The van der Waals surface area contributed by atoms with Gasteiger partial charge in [-0.05, 0) is 49.4 Å². The minimum Gasteiger partial charge on any atom is -0.391 e. The summed E-state index contributed by atoms with van der Waals surface area (Å²) in [5, 5.41) is 15.0. The van der Waals surface area contributed by atoms with Gasteiger partial charge < -0.3 is 15.0 Å². The summed E-state index contributed by atoms with van der Waals surface area (Å²) in [6.45, 7) is 1.41. The molecule has 0 spiro atoms. The summed E-state index contributed by atoms with van der Waals surface area (Å²) in [6.07, 6.45) is 0.184. The zero-order valence-corrected chi connectivity index (χ0v) is 11.9. The van der Waals surface area contributed by atoms with E-state index in [4.69, 9.17) is 0 Å². The highest BCUT2D eigenvalue weighted by Crippen LogP contribution is 2.34. The summed E-state index contributed by atoms with van der Waals surface area (Å²) in [6, 6.07) is 8.90. The molecule has 2 N–H and O–H groups in total. The number of halogens is 2. The number of fused-ring (bicyclic) bond motifs is 3. The first-order chi connectivity index (χ1) is 10.6. The third-order valence-electron chi connectivity index (χ3n) is 4.47. The highest BCUT2D eigenvalue weighted by molar-refractivity contribution is 6.08. The maximum atomic E-state index is 13.6. The number of rotatable bonds is 1. The molecule has 2 heterocycles. The van der Waals surface area contributed by atoms with Crippen molar-refractivity contribution >= 4 is 21.8 Å². The van der Waals surface area contributed by atoms with Crippen LogP contribution in [0.4, 0.5) is 8.78 Å². The second-order valence-corrected chi connectivity index (χ2v) is 5.82. The first-order valence-electron chi connectivity index (χ1n) is 7.42. The van der Waals surface area contributed by atoms with Gasteiger partial charge in [0.25, 0.3) is 0 Å². The second kappa shape index (κ2) is 5.04. The van der Waals surface area contributed by atoms with Crippen LogP contribution in [0, 0.1) is 11.6 Å². The number of piperidine rings is 1. The highest BCUT2D eigenvalue weighted by Gasteiger charge is 2.27. The van der Waals surface area contributed by atoms with E-state index < -0.39 is 6.10 Å². The van der Waals surface area contributed by atoms with Crippen LogP contribution in [0.3, 0.4) is 0 Å². The van der Waals surface area contributed by atoms with Crippen molar-refractivity contribution in [1.82, 2.24) is 9.88 Å². The molecule has 1 aliphatic heterocycles. The van der Waals surface area contributed by atoms with Gasteiger partial charge in [0.1, 0.15) is 11.6 Å². The Bertz CT molecular complexity index is 799. The Kier molecular flexibility index (Phi) is 3.13. The molecule has 1 saturated heterocycles. The second-order valence-electron chi connectivity index (χ2n) is 5.82. The Morgan fingerprint density at radius 1 is 1.00 bits per heavy atom. The van der Waals surface area contributed by atoms with Crippen molar-refractivity contribution in [3.63, 3.8) is 0 Å². The predicted octanol–water partition coefficient (Wildman–Crippen LogP) is 2.97. The molecular weight excluding hydrogens is 286 g/mol.